The lowest BCUT2D eigenvalue weighted by atomic mass is 10.1. The second-order valence-corrected chi connectivity index (χ2v) is 5.21. The summed E-state index contributed by atoms with van der Waals surface area (Å²) in [5.74, 6) is 0.135. The van der Waals surface area contributed by atoms with E-state index in [1.54, 1.807) is 6.07 Å². The molecule has 0 saturated heterocycles. The number of carbonyl (C=O) groups excluding carboxylic acids is 1. The van der Waals surface area contributed by atoms with Crippen molar-refractivity contribution in [1.82, 2.24) is 15.1 Å². The maximum Gasteiger partial charge on any atom is 0.287 e. The molecule has 0 saturated carbocycles. The zero-order valence-electron chi connectivity index (χ0n) is 12.3. The van der Waals surface area contributed by atoms with Crippen LogP contribution in [0.4, 0.5) is 0 Å². The molecule has 5 heteroatoms. The van der Waals surface area contributed by atoms with Crippen LogP contribution in [0.15, 0.2) is 34.9 Å². The predicted octanol–water partition coefficient (Wildman–Crippen LogP) is 2.71. The average Bonchev–Trinajstić information content (AvgIpc) is 3.00. The molecule has 108 valence electrons. The lowest BCUT2D eigenvalue weighted by Crippen LogP contribution is -2.23. The van der Waals surface area contributed by atoms with Crippen molar-refractivity contribution in [3.05, 3.63) is 53.1 Å². The molecule has 2 aromatic heterocycles. The lowest BCUT2D eigenvalue weighted by molar-refractivity contribution is 0.0922. The molecule has 0 atom stereocenters. The van der Waals surface area contributed by atoms with Gasteiger partial charge in [-0.05, 0) is 32.0 Å². The molecule has 0 aliphatic carbocycles. The summed E-state index contributed by atoms with van der Waals surface area (Å²) in [7, 11) is 1.90. The summed E-state index contributed by atoms with van der Waals surface area (Å²) in [6.45, 7) is 4.26. The Hall–Kier alpha value is -2.56. The molecule has 0 aliphatic heterocycles. The van der Waals surface area contributed by atoms with E-state index in [1.165, 1.54) is 11.8 Å². The topological polar surface area (TPSA) is 60.1 Å². The number of amides is 1. The molecule has 0 aliphatic rings. The van der Waals surface area contributed by atoms with Gasteiger partial charge in [0.2, 0.25) is 0 Å². The van der Waals surface area contributed by atoms with Gasteiger partial charge < -0.3 is 9.73 Å². The molecule has 5 nitrogen and oxygen atoms in total. The summed E-state index contributed by atoms with van der Waals surface area (Å²) >= 11 is 0. The number of carbonyl (C=O) groups is 1. The first-order valence-corrected chi connectivity index (χ1v) is 6.81. The minimum atomic E-state index is -0.219. The third-order valence-electron chi connectivity index (χ3n) is 3.57. The van der Waals surface area contributed by atoms with Crippen molar-refractivity contribution in [2.45, 2.75) is 20.4 Å². The number of furan rings is 1. The Morgan fingerprint density at radius 2 is 2.14 bits per heavy atom. The summed E-state index contributed by atoms with van der Waals surface area (Å²) < 4.78 is 7.02. The van der Waals surface area contributed by atoms with Gasteiger partial charge in [0.15, 0.2) is 5.76 Å². The number of hydrogen-bond donors (Lipinski definition) is 1. The smallest absolute Gasteiger partial charge is 0.287 e. The summed E-state index contributed by atoms with van der Waals surface area (Å²) in [6.07, 6.45) is 1.52. The van der Waals surface area contributed by atoms with Gasteiger partial charge in [0.1, 0.15) is 0 Å². The normalized spacial score (nSPS) is 11.0. The van der Waals surface area contributed by atoms with Crippen LogP contribution < -0.4 is 5.32 Å². The number of rotatable bonds is 3. The molecule has 1 aromatic carbocycles. The van der Waals surface area contributed by atoms with Crippen LogP contribution in [0.1, 0.15) is 27.4 Å². The first-order chi connectivity index (χ1) is 10.1. The first kappa shape index (κ1) is 13.4. The zero-order valence-corrected chi connectivity index (χ0v) is 12.3. The lowest BCUT2D eigenvalue weighted by Gasteiger charge is -2.02. The highest BCUT2D eigenvalue weighted by Gasteiger charge is 2.14. The number of hydrogen-bond acceptors (Lipinski definition) is 3. The summed E-state index contributed by atoms with van der Waals surface area (Å²) in [6, 6.07) is 7.95. The second kappa shape index (κ2) is 5.09. The number of nitrogens with one attached hydrogen (secondary N) is 1. The molecule has 0 spiro atoms. The fourth-order valence-corrected chi connectivity index (χ4v) is 2.43. The maximum absolute atomic E-state index is 12.1. The quantitative estimate of drug-likeness (QED) is 0.804. The van der Waals surface area contributed by atoms with Crippen molar-refractivity contribution in [3.63, 3.8) is 0 Å². The highest BCUT2D eigenvalue weighted by molar-refractivity contribution is 5.93. The zero-order chi connectivity index (χ0) is 15.0. The number of aryl methyl sites for hydroxylation is 3. The van der Waals surface area contributed by atoms with E-state index in [4.69, 9.17) is 4.42 Å². The van der Waals surface area contributed by atoms with E-state index < -0.39 is 0 Å². The minimum Gasteiger partial charge on any atom is -0.459 e. The van der Waals surface area contributed by atoms with Crippen molar-refractivity contribution < 1.29 is 9.21 Å². The van der Waals surface area contributed by atoms with E-state index in [9.17, 15) is 4.79 Å². The molecule has 3 aromatic rings. The van der Waals surface area contributed by atoms with Crippen LogP contribution in [-0.4, -0.2) is 15.7 Å². The van der Waals surface area contributed by atoms with E-state index in [-0.39, 0.29) is 5.91 Å². The Bertz CT molecular complexity index is 814. The van der Waals surface area contributed by atoms with E-state index in [1.807, 2.05) is 31.6 Å². The molecule has 2 heterocycles. The number of nitrogens with zero attached hydrogens (tertiary/aromatic N) is 2. The van der Waals surface area contributed by atoms with Crippen LogP contribution in [0.3, 0.4) is 0 Å². The van der Waals surface area contributed by atoms with Crippen LogP contribution in [0.2, 0.25) is 0 Å². The third kappa shape index (κ3) is 2.42. The first-order valence-electron chi connectivity index (χ1n) is 6.81. The Labute approximate surface area is 122 Å². The number of benzene rings is 1. The van der Waals surface area contributed by atoms with E-state index in [2.05, 4.69) is 22.5 Å². The molecular weight excluding hydrogens is 266 g/mol. The molecule has 0 unspecified atom stereocenters. The van der Waals surface area contributed by atoms with Crippen molar-refractivity contribution in [3.8, 4) is 0 Å². The largest absolute Gasteiger partial charge is 0.459 e. The van der Waals surface area contributed by atoms with Gasteiger partial charge in [-0.15, -0.1) is 0 Å². The van der Waals surface area contributed by atoms with Gasteiger partial charge in [-0.2, -0.15) is 5.10 Å². The number of aromatic nitrogens is 2. The fourth-order valence-electron chi connectivity index (χ4n) is 2.43. The molecule has 0 bridgehead atoms. The maximum atomic E-state index is 12.1. The Balaban J connectivity index is 1.84. The van der Waals surface area contributed by atoms with Crippen LogP contribution in [-0.2, 0) is 13.6 Å². The summed E-state index contributed by atoms with van der Waals surface area (Å²) in [5, 5.41) is 8.40. The van der Waals surface area contributed by atoms with Crippen molar-refractivity contribution in [2.75, 3.05) is 0 Å². The highest BCUT2D eigenvalue weighted by Crippen LogP contribution is 2.19. The van der Waals surface area contributed by atoms with Crippen LogP contribution >= 0.6 is 0 Å². The SMILES string of the molecule is Cc1ccc2c(c1)c(CNC(=O)c1occc1C)nn2C. The van der Waals surface area contributed by atoms with Gasteiger partial charge in [-0.25, -0.2) is 0 Å². The van der Waals surface area contributed by atoms with Crippen LogP contribution in [0, 0.1) is 13.8 Å². The van der Waals surface area contributed by atoms with E-state index in [0.29, 0.717) is 12.3 Å². The summed E-state index contributed by atoms with van der Waals surface area (Å²) in [5.41, 5.74) is 3.91. The van der Waals surface area contributed by atoms with Gasteiger partial charge in [0, 0.05) is 18.0 Å². The van der Waals surface area contributed by atoms with Gasteiger partial charge in [-0.3, -0.25) is 9.48 Å². The van der Waals surface area contributed by atoms with Gasteiger partial charge in [-0.1, -0.05) is 11.6 Å². The van der Waals surface area contributed by atoms with Crippen molar-refractivity contribution >= 4 is 16.8 Å². The highest BCUT2D eigenvalue weighted by atomic mass is 16.3. The molecule has 1 N–H and O–H groups in total. The Morgan fingerprint density at radius 3 is 2.86 bits per heavy atom. The molecule has 1 amide bonds. The molecular formula is C16H17N3O2. The van der Waals surface area contributed by atoms with Gasteiger partial charge in [0.25, 0.3) is 5.91 Å². The standard InChI is InChI=1S/C16H17N3O2/c1-10-4-5-14-12(8-10)13(18-19(14)3)9-17-16(20)15-11(2)6-7-21-15/h4-8H,9H2,1-3H3,(H,17,20). The predicted molar refractivity (Wildman–Crippen MR) is 80.1 cm³/mol. The second-order valence-electron chi connectivity index (χ2n) is 5.21. The van der Waals surface area contributed by atoms with Crippen LogP contribution in [0.25, 0.3) is 10.9 Å². The van der Waals surface area contributed by atoms with E-state index >= 15 is 0 Å². The molecule has 3 rings (SSSR count). The van der Waals surface area contributed by atoms with Gasteiger partial charge in [0.05, 0.1) is 24.0 Å². The van der Waals surface area contributed by atoms with Crippen molar-refractivity contribution in [2.24, 2.45) is 7.05 Å². The van der Waals surface area contributed by atoms with Crippen molar-refractivity contribution in [1.29, 1.82) is 0 Å². The fraction of sp³-hybridized carbons (Fsp3) is 0.250. The summed E-state index contributed by atoms with van der Waals surface area (Å²) in [4.78, 5) is 12.1. The monoisotopic (exact) mass is 283 g/mol. The molecule has 0 fully saturated rings. The van der Waals surface area contributed by atoms with Crippen LogP contribution in [0.5, 0.6) is 0 Å². The number of fused-ring (bicyclic) bond motifs is 1. The Morgan fingerprint density at radius 1 is 1.33 bits per heavy atom. The minimum absolute atomic E-state index is 0.219. The molecule has 21 heavy (non-hydrogen) atoms. The van der Waals surface area contributed by atoms with Gasteiger partial charge >= 0.3 is 0 Å². The average molecular weight is 283 g/mol. The Kier molecular flexibility index (Phi) is 3.25. The third-order valence-corrected chi connectivity index (χ3v) is 3.57. The van der Waals surface area contributed by atoms with E-state index in [0.717, 1.165) is 22.2 Å². The molecule has 0 radical (unpaired) electrons.